The van der Waals surface area contributed by atoms with Crippen molar-refractivity contribution in [3.8, 4) is 17.1 Å². The maximum atomic E-state index is 12.1. The fourth-order valence-electron chi connectivity index (χ4n) is 2.17. The molecule has 0 unspecified atom stereocenters. The van der Waals surface area contributed by atoms with Gasteiger partial charge in [-0.2, -0.15) is 9.36 Å². The van der Waals surface area contributed by atoms with Gasteiger partial charge in [-0.25, -0.2) is 0 Å². The monoisotopic (exact) mass is 417 g/mol. The second kappa shape index (κ2) is 7.76. The van der Waals surface area contributed by atoms with Crippen LogP contribution in [0.4, 0.5) is 5.13 Å². The van der Waals surface area contributed by atoms with Crippen molar-refractivity contribution in [3.63, 3.8) is 0 Å². The number of rotatable bonds is 5. The van der Waals surface area contributed by atoms with E-state index < -0.39 is 0 Å². The van der Waals surface area contributed by atoms with Crippen molar-refractivity contribution in [1.29, 1.82) is 0 Å². The third-order valence-corrected chi connectivity index (χ3v) is 4.85. The lowest BCUT2D eigenvalue weighted by atomic mass is 10.1. The van der Waals surface area contributed by atoms with Gasteiger partial charge in [-0.05, 0) is 43.2 Å². The molecule has 0 aliphatic carbocycles. The number of carbonyl (C=O) groups is 1. The summed E-state index contributed by atoms with van der Waals surface area (Å²) < 4.78 is 10.9. The number of aromatic nitrogens is 2. The topological polar surface area (TPSA) is 64.1 Å². The number of ether oxygens (including phenoxy) is 1. The zero-order valence-electron chi connectivity index (χ0n) is 13.7. The second-order valence-electron chi connectivity index (χ2n) is 5.46. The summed E-state index contributed by atoms with van der Waals surface area (Å²) in [4.78, 5) is 16.4. The molecular weight excluding hydrogens is 402 g/mol. The molecule has 2 aromatic carbocycles. The highest BCUT2D eigenvalue weighted by Crippen LogP contribution is 2.23. The smallest absolute Gasteiger partial charge is 0.264 e. The van der Waals surface area contributed by atoms with Gasteiger partial charge in [0, 0.05) is 21.6 Å². The first kappa shape index (κ1) is 17.6. The van der Waals surface area contributed by atoms with Crippen molar-refractivity contribution in [2.45, 2.75) is 13.8 Å². The molecule has 0 aliphatic rings. The fraction of sp³-hybridized carbons (Fsp3) is 0.167. The third-order valence-electron chi connectivity index (χ3n) is 3.69. The SMILES string of the molecule is Cc1cccc(OCC(=O)Nc2nc(-c3ccc(Br)cc3)ns2)c1C. The van der Waals surface area contributed by atoms with E-state index in [4.69, 9.17) is 4.74 Å². The summed E-state index contributed by atoms with van der Waals surface area (Å²) in [5, 5.41) is 3.17. The van der Waals surface area contributed by atoms with Crippen LogP contribution in [0.5, 0.6) is 5.75 Å². The Morgan fingerprint density at radius 3 is 2.72 bits per heavy atom. The Morgan fingerprint density at radius 2 is 1.96 bits per heavy atom. The van der Waals surface area contributed by atoms with Crippen LogP contribution in [0.3, 0.4) is 0 Å². The first-order valence-electron chi connectivity index (χ1n) is 7.61. The number of halogens is 1. The van der Waals surface area contributed by atoms with Crippen LogP contribution in [-0.4, -0.2) is 21.9 Å². The number of benzene rings is 2. The van der Waals surface area contributed by atoms with Gasteiger partial charge in [-0.1, -0.05) is 40.2 Å². The number of anilines is 1. The number of hydrogen-bond donors (Lipinski definition) is 1. The van der Waals surface area contributed by atoms with Crippen LogP contribution in [0, 0.1) is 13.8 Å². The van der Waals surface area contributed by atoms with Crippen molar-refractivity contribution in [2.75, 3.05) is 11.9 Å². The highest BCUT2D eigenvalue weighted by atomic mass is 79.9. The van der Waals surface area contributed by atoms with Crippen molar-refractivity contribution in [1.82, 2.24) is 9.36 Å². The van der Waals surface area contributed by atoms with E-state index in [0.29, 0.717) is 16.7 Å². The van der Waals surface area contributed by atoms with Gasteiger partial charge in [-0.15, -0.1) is 0 Å². The average molecular weight is 418 g/mol. The first-order valence-corrected chi connectivity index (χ1v) is 9.18. The Balaban J connectivity index is 1.60. The maximum Gasteiger partial charge on any atom is 0.264 e. The second-order valence-corrected chi connectivity index (χ2v) is 7.13. The van der Waals surface area contributed by atoms with Crippen molar-refractivity contribution in [3.05, 3.63) is 58.1 Å². The minimum Gasteiger partial charge on any atom is -0.483 e. The molecule has 7 heteroatoms. The molecule has 0 aliphatic heterocycles. The molecule has 1 aromatic heterocycles. The van der Waals surface area contributed by atoms with E-state index in [1.165, 1.54) is 0 Å². The van der Waals surface area contributed by atoms with Crippen LogP contribution in [0.1, 0.15) is 11.1 Å². The highest BCUT2D eigenvalue weighted by Gasteiger charge is 2.11. The van der Waals surface area contributed by atoms with Gasteiger partial charge in [0.25, 0.3) is 5.91 Å². The molecule has 0 atom stereocenters. The van der Waals surface area contributed by atoms with Crippen LogP contribution < -0.4 is 10.1 Å². The van der Waals surface area contributed by atoms with Crippen LogP contribution >= 0.6 is 27.5 Å². The van der Waals surface area contributed by atoms with E-state index in [1.54, 1.807) is 0 Å². The van der Waals surface area contributed by atoms with Gasteiger partial charge in [-0.3, -0.25) is 10.1 Å². The standard InChI is InChI=1S/C18H16BrN3O2S/c1-11-4-3-5-15(12(11)2)24-10-16(23)20-18-21-17(22-25-18)13-6-8-14(19)9-7-13/h3-9H,10H2,1-2H3,(H,20,21,22,23). The Kier molecular flexibility index (Phi) is 5.45. The molecule has 1 heterocycles. The lowest BCUT2D eigenvalue weighted by Crippen LogP contribution is -2.20. The molecule has 3 rings (SSSR count). The normalized spacial score (nSPS) is 10.5. The Morgan fingerprint density at radius 1 is 1.20 bits per heavy atom. The van der Waals surface area contributed by atoms with Crippen LogP contribution in [0.2, 0.25) is 0 Å². The molecule has 0 saturated heterocycles. The number of aryl methyl sites for hydroxylation is 1. The molecule has 1 amide bonds. The van der Waals surface area contributed by atoms with Crippen LogP contribution in [0.25, 0.3) is 11.4 Å². The molecule has 5 nitrogen and oxygen atoms in total. The Labute approximate surface area is 158 Å². The maximum absolute atomic E-state index is 12.1. The molecule has 0 radical (unpaired) electrons. The summed E-state index contributed by atoms with van der Waals surface area (Å²) in [6.45, 7) is 3.91. The van der Waals surface area contributed by atoms with E-state index in [0.717, 1.165) is 32.7 Å². The number of carbonyl (C=O) groups excluding carboxylic acids is 1. The molecule has 128 valence electrons. The van der Waals surface area contributed by atoms with Crippen molar-refractivity contribution < 1.29 is 9.53 Å². The summed E-state index contributed by atoms with van der Waals surface area (Å²) in [6.07, 6.45) is 0. The zero-order chi connectivity index (χ0) is 17.8. The van der Waals surface area contributed by atoms with Gasteiger partial charge in [0.05, 0.1) is 0 Å². The van der Waals surface area contributed by atoms with Gasteiger partial charge >= 0.3 is 0 Å². The molecule has 0 spiro atoms. The van der Waals surface area contributed by atoms with Gasteiger partial charge in [0.15, 0.2) is 12.4 Å². The lowest BCUT2D eigenvalue weighted by molar-refractivity contribution is -0.118. The van der Waals surface area contributed by atoms with Gasteiger partial charge in [0.1, 0.15) is 5.75 Å². The van der Waals surface area contributed by atoms with E-state index in [1.807, 2.05) is 56.3 Å². The minimum atomic E-state index is -0.264. The van der Waals surface area contributed by atoms with E-state index in [-0.39, 0.29) is 12.5 Å². The quantitative estimate of drug-likeness (QED) is 0.658. The third kappa shape index (κ3) is 4.43. The van der Waals surface area contributed by atoms with Crippen molar-refractivity contribution in [2.24, 2.45) is 0 Å². The zero-order valence-corrected chi connectivity index (χ0v) is 16.1. The molecule has 0 bridgehead atoms. The highest BCUT2D eigenvalue weighted by molar-refractivity contribution is 9.10. The van der Waals surface area contributed by atoms with Crippen LogP contribution in [0.15, 0.2) is 46.9 Å². The predicted octanol–water partition coefficient (Wildman–Crippen LogP) is 4.60. The average Bonchev–Trinajstić information content (AvgIpc) is 3.05. The number of nitrogens with zero attached hydrogens (tertiary/aromatic N) is 2. The van der Waals surface area contributed by atoms with E-state index in [9.17, 15) is 4.79 Å². The Bertz CT molecular complexity index is 894. The number of amides is 1. The Hall–Kier alpha value is -2.25. The van der Waals surface area contributed by atoms with Crippen molar-refractivity contribution >= 4 is 38.5 Å². The molecule has 1 N–H and O–H groups in total. The largest absolute Gasteiger partial charge is 0.483 e. The summed E-state index contributed by atoms with van der Waals surface area (Å²) in [6, 6.07) is 13.5. The molecule has 0 fully saturated rings. The van der Waals surface area contributed by atoms with Crippen LogP contribution in [-0.2, 0) is 4.79 Å². The molecule has 3 aromatic rings. The predicted molar refractivity (Wildman–Crippen MR) is 103 cm³/mol. The molecule has 25 heavy (non-hydrogen) atoms. The summed E-state index contributed by atoms with van der Waals surface area (Å²) in [7, 11) is 0. The first-order chi connectivity index (χ1) is 12.0. The number of hydrogen-bond acceptors (Lipinski definition) is 5. The van der Waals surface area contributed by atoms with E-state index >= 15 is 0 Å². The summed E-state index contributed by atoms with van der Waals surface area (Å²) >= 11 is 4.54. The number of nitrogens with one attached hydrogen (secondary N) is 1. The summed E-state index contributed by atoms with van der Waals surface area (Å²) in [5.74, 6) is 1.03. The molecular formula is C18H16BrN3O2S. The van der Waals surface area contributed by atoms with Gasteiger partial charge < -0.3 is 4.74 Å². The van der Waals surface area contributed by atoms with E-state index in [2.05, 4.69) is 30.6 Å². The fourth-order valence-corrected chi connectivity index (χ4v) is 3.04. The minimum absolute atomic E-state index is 0.0719. The molecule has 0 saturated carbocycles. The lowest BCUT2D eigenvalue weighted by Gasteiger charge is -2.10. The summed E-state index contributed by atoms with van der Waals surface area (Å²) in [5.41, 5.74) is 3.05. The van der Waals surface area contributed by atoms with Gasteiger partial charge in [0.2, 0.25) is 5.13 Å².